The van der Waals surface area contributed by atoms with Crippen molar-refractivity contribution in [1.29, 1.82) is 0 Å². The van der Waals surface area contributed by atoms with Crippen LogP contribution in [-0.2, 0) is 4.79 Å². The summed E-state index contributed by atoms with van der Waals surface area (Å²) in [5, 5.41) is 3.60. The van der Waals surface area contributed by atoms with E-state index in [1.54, 1.807) is 0 Å². The first-order valence-corrected chi connectivity index (χ1v) is 7.63. The number of nitrogens with zero attached hydrogens (tertiary/aromatic N) is 1. The summed E-state index contributed by atoms with van der Waals surface area (Å²) in [6.45, 7) is 2.60. The maximum atomic E-state index is 11.9. The highest BCUT2D eigenvalue weighted by Crippen LogP contribution is 2.31. The third-order valence-electron chi connectivity index (χ3n) is 3.54. The largest absolute Gasteiger partial charge is 0.370 e. The zero-order valence-corrected chi connectivity index (χ0v) is 12.5. The lowest BCUT2D eigenvalue weighted by Gasteiger charge is -2.30. The Labute approximate surface area is 125 Å². The summed E-state index contributed by atoms with van der Waals surface area (Å²) in [5.41, 5.74) is 7.30. The average molecular weight is 296 g/mol. The Bertz CT molecular complexity index is 458. The van der Waals surface area contributed by atoms with E-state index in [0.717, 1.165) is 24.5 Å². The molecule has 1 aromatic carbocycles. The van der Waals surface area contributed by atoms with Gasteiger partial charge in [0.25, 0.3) is 0 Å². The van der Waals surface area contributed by atoms with E-state index >= 15 is 0 Å². The van der Waals surface area contributed by atoms with Crippen molar-refractivity contribution in [2.24, 2.45) is 5.73 Å². The Balaban J connectivity index is 2.12. The highest BCUT2D eigenvalue weighted by Gasteiger charge is 2.16. The molecule has 1 aliphatic rings. The van der Waals surface area contributed by atoms with Crippen molar-refractivity contribution in [3.05, 3.63) is 23.2 Å². The van der Waals surface area contributed by atoms with Gasteiger partial charge in [0.05, 0.1) is 11.4 Å². The van der Waals surface area contributed by atoms with Crippen molar-refractivity contribution in [3.8, 4) is 0 Å². The summed E-state index contributed by atoms with van der Waals surface area (Å²) < 4.78 is 0. The Morgan fingerprint density at radius 2 is 2.05 bits per heavy atom. The average Bonchev–Trinajstić information content (AvgIpc) is 2.46. The lowest BCUT2D eigenvalue weighted by molar-refractivity contribution is -0.116. The molecule has 2 rings (SSSR count). The summed E-state index contributed by atoms with van der Waals surface area (Å²) in [5.74, 6) is -0.00373. The summed E-state index contributed by atoms with van der Waals surface area (Å²) in [4.78, 5) is 14.2. The van der Waals surface area contributed by atoms with Gasteiger partial charge in [-0.25, -0.2) is 0 Å². The number of nitrogens with one attached hydrogen (secondary N) is 1. The van der Waals surface area contributed by atoms with Gasteiger partial charge in [0.15, 0.2) is 0 Å². The first kappa shape index (κ1) is 15.1. The number of piperidine rings is 1. The number of nitrogens with two attached hydrogens (primary N) is 1. The van der Waals surface area contributed by atoms with Crippen LogP contribution in [-0.4, -0.2) is 25.5 Å². The molecule has 1 saturated heterocycles. The SMILES string of the molecule is NCCCC(=O)Nc1cc(Cl)ccc1N1CCCCC1. The predicted octanol–water partition coefficient (Wildman–Crippen LogP) is 3.01. The van der Waals surface area contributed by atoms with Crippen molar-refractivity contribution in [2.75, 3.05) is 29.9 Å². The summed E-state index contributed by atoms with van der Waals surface area (Å²) in [6, 6.07) is 5.69. The van der Waals surface area contributed by atoms with E-state index in [0.29, 0.717) is 24.4 Å². The molecule has 0 saturated carbocycles. The van der Waals surface area contributed by atoms with Gasteiger partial charge in [-0.3, -0.25) is 4.79 Å². The smallest absolute Gasteiger partial charge is 0.224 e. The molecule has 0 bridgehead atoms. The molecule has 0 spiro atoms. The molecule has 0 aliphatic carbocycles. The van der Waals surface area contributed by atoms with Gasteiger partial charge in [-0.05, 0) is 50.4 Å². The summed E-state index contributed by atoms with van der Waals surface area (Å²) in [6.07, 6.45) is 4.82. The van der Waals surface area contributed by atoms with Gasteiger partial charge in [-0.2, -0.15) is 0 Å². The quantitative estimate of drug-likeness (QED) is 0.878. The van der Waals surface area contributed by atoms with E-state index in [2.05, 4.69) is 10.2 Å². The molecule has 0 atom stereocenters. The van der Waals surface area contributed by atoms with Crippen LogP contribution in [0, 0.1) is 0 Å². The van der Waals surface area contributed by atoms with Crippen molar-refractivity contribution in [2.45, 2.75) is 32.1 Å². The van der Waals surface area contributed by atoms with Crippen LogP contribution in [0.2, 0.25) is 5.02 Å². The van der Waals surface area contributed by atoms with E-state index in [1.165, 1.54) is 19.3 Å². The van der Waals surface area contributed by atoms with Crippen molar-refractivity contribution < 1.29 is 4.79 Å². The zero-order valence-electron chi connectivity index (χ0n) is 11.7. The monoisotopic (exact) mass is 295 g/mol. The molecular weight excluding hydrogens is 274 g/mol. The Hall–Kier alpha value is -1.26. The van der Waals surface area contributed by atoms with Gasteiger partial charge >= 0.3 is 0 Å². The topological polar surface area (TPSA) is 58.4 Å². The number of halogens is 1. The first-order valence-electron chi connectivity index (χ1n) is 7.25. The second-order valence-corrected chi connectivity index (χ2v) is 5.59. The normalized spacial score (nSPS) is 15.2. The molecule has 1 aliphatic heterocycles. The minimum absolute atomic E-state index is 0.00373. The predicted molar refractivity (Wildman–Crippen MR) is 84.4 cm³/mol. The fraction of sp³-hybridized carbons (Fsp3) is 0.533. The van der Waals surface area contributed by atoms with Gasteiger partial charge in [-0.1, -0.05) is 11.6 Å². The minimum Gasteiger partial charge on any atom is -0.370 e. The maximum absolute atomic E-state index is 11.9. The van der Waals surface area contributed by atoms with Gasteiger partial charge in [-0.15, -0.1) is 0 Å². The minimum atomic E-state index is -0.00373. The van der Waals surface area contributed by atoms with E-state index in [-0.39, 0.29) is 5.91 Å². The van der Waals surface area contributed by atoms with E-state index in [4.69, 9.17) is 17.3 Å². The highest BCUT2D eigenvalue weighted by atomic mass is 35.5. The third kappa shape index (κ3) is 4.12. The molecule has 3 N–H and O–H groups in total. The fourth-order valence-electron chi connectivity index (χ4n) is 2.49. The van der Waals surface area contributed by atoms with Crippen LogP contribution in [0.1, 0.15) is 32.1 Å². The Morgan fingerprint density at radius 1 is 1.30 bits per heavy atom. The van der Waals surface area contributed by atoms with Crippen LogP contribution in [0.25, 0.3) is 0 Å². The van der Waals surface area contributed by atoms with Crippen LogP contribution in [0.15, 0.2) is 18.2 Å². The Kier molecular flexibility index (Phi) is 5.68. The Morgan fingerprint density at radius 3 is 2.75 bits per heavy atom. The number of carbonyl (C=O) groups excluding carboxylic acids is 1. The number of rotatable bonds is 5. The first-order chi connectivity index (χ1) is 9.70. The van der Waals surface area contributed by atoms with Gasteiger partial charge in [0.1, 0.15) is 0 Å². The molecule has 20 heavy (non-hydrogen) atoms. The number of benzene rings is 1. The van der Waals surface area contributed by atoms with E-state index in [9.17, 15) is 4.79 Å². The number of hydrogen-bond donors (Lipinski definition) is 2. The molecule has 0 aromatic heterocycles. The molecule has 1 heterocycles. The maximum Gasteiger partial charge on any atom is 0.224 e. The van der Waals surface area contributed by atoms with Gasteiger partial charge in [0.2, 0.25) is 5.91 Å². The molecule has 1 fully saturated rings. The highest BCUT2D eigenvalue weighted by molar-refractivity contribution is 6.31. The zero-order chi connectivity index (χ0) is 14.4. The molecule has 1 aromatic rings. The number of anilines is 2. The number of carbonyl (C=O) groups is 1. The van der Waals surface area contributed by atoms with Crippen molar-refractivity contribution >= 4 is 28.9 Å². The molecule has 5 heteroatoms. The lowest BCUT2D eigenvalue weighted by Crippen LogP contribution is -2.30. The molecule has 110 valence electrons. The van der Waals surface area contributed by atoms with E-state index < -0.39 is 0 Å². The number of amides is 1. The summed E-state index contributed by atoms with van der Waals surface area (Å²) in [7, 11) is 0. The van der Waals surface area contributed by atoms with Crippen molar-refractivity contribution in [3.63, 3.8) is 0 Å². The fourth-order valence-corrected chi connectivity index (χ4v) is 2.67. The van der Waals surface area contributed by atoms with Crippen LogP contribution in [0.4, 0.5) is 11.4 Å². The second kappa shape index (κ2) is 7.50. The van der Waals surface area contributed by atoms with Crippen molar-refractivity contribution in [1.82, 2.24) is 0 Å². The van der Waals surface area contributed by atoms with Gasteiger partial charge in [0, 0.05) is 24.5 Å². The molecule has 1 amide bonds. The van der Waals surface area contributed by atoms with Crippen LogP contribution >= 0.6 is 11.6 Å². The van der Waals surface area contributed by atoms with Crippen LogP contribution in [0.3, 0.4) is 0 Å². The molecular formula is C15H22ClN3O. The lowest BCUT2D eigenvalue weighted by atomic mass is 10.1. The van der Waals surface area contributed by atoms with E-state index in [1.807, 2.05) is 18.2 Å². The number of hydrogen-bond acceptors (Lipinski definition) is 3. The van der Waals surface area contributed by atoms with Crippen LogP contribution < -0.4 is 16.0 Å². The molecule has 0 radical (unpaired) electrons. The van der Waals surface area contributed by atoms with Crippen LogP contribution in [0.5, 0.6) is 0 Å². The molecule has 0 unspecified atom stereocenters. The standard InChI is InChI=1S/C15H22ClN3O/c16-12-6-7-14(19-9-2-1-3-10-19)13(11-12)18-15(20)5-4-8-17/h6-7,11H,1-5,8-10,17H2,(H,18,20). The second-order valence-electron chi connectivity index (χ2n) is 5.15. The van der Waals surface area contributed by atoms with Gasteiger partial charge < -0.3 is 16.0 Å². The molecule has 4 nitrogen and oxygen atoms in total. The summed E-state index contributed by atoms with van der Waals surface area (Å²) >= 11 is 6.05. The third-order valence-corrected chi connectivity index (χ3v) is 3.77.